The fourth-order valence-corrected chi connectivity index (χ4v) is 2.61. The number of ether oxygens (including phenoxy) is 1. The Morgan fingerprint density at radius 1 is 1.14 bits per heavy atom. The van der Waals surface area contributed by atoms with Crippen LogP contribution >= 0.6 is 15.9 Å². The lowest BCUT2D eigenvalue weighted by atomic mass is 10.1. The van der Waals surface area contributed by atoms with Crippen molar-refractivity contribution in [1.82, 2.24) is 9.97 Å². The molecule has 21 heavy (non-hydrogen) atoms. The lowest BCUT2D eigenvalue weighted by Gasteiger charge is -2.09. The first-order chi connectivity index (χ1) is 10.2. The molecule has 0 amide bonds. The molecule has 0 saturated carbocycles. The summed E-state index contributed by atoms with van der Waals surface area (Å²) in [4.78, 5) is 8.25. The summed E-state index contributed by atoms with van der Waals surface area (Å²) in [6.45, 7) is 1.80. The summed E-state index contributed by atoms with van der Waals surface area (Å²) >= 11 is 3.55. The standard InChI is InChI=1S/C16H10BrN3O/c1-10-8-12(9-18)20-16(19-10)21-14-7-6-11-4-2-3-5-13(11)15(14)17/h2-8H,1H3. The van der Waals surface area contributed by atoms with Crippen LogP contribution in [0.4, 0.5) is 0 Å². The Morgan fingerprint density at radius 2 is 1.95 bits per heavy atom. The van der Waals surface area contributed by atoms with Gasteiger partial charge in [-0.15, -0.1) is 0 Å². The molecule has 0 saturated heterocycles. The van der Waals surface area contributed by atoms with Gasteiger partial charge in [0, 0.05) is 5.69 Å². The molecule has 3 rings (SSSR count). The molecular weight excluding hydrogens is 330 g/mol. The van der Waals surface area contributed by atoms with Gasteiger partial charge in [-0.2, -0.15) is 10.2 Å². The Bertz CT molecular complexity index is 871. The maximum absolute atomic E-state index is 8.94. The van der Waals surface area contributed by atoms with Gasteiger partial charge in [-0.1, -0.05) is 30.3 Å². The Hall–Kier alpha value is -2.45. The van der Waals surface area contributed by atoms with Crippen LogP contribution in [0, 0.1) is 18.3 Å². The van der Waals surface area contributed by atoms with Gasteiger partial charge in [0.05, 0.1) is 4.47 Å². The van der Waals surface area contributed by atoms with Gasteiger partial charge in [0.1, 0.15) is 17.5 Å². The van der Waals surface area contributed by atoms with Crippen LogP contribution in [0.15, 0.2) is 46.9 Å². The van der Waals surface area contributed by atoms with Crippen molar-refractivity contribution in [3.8, 4) is 17.8 Å². The zero-order chi connectivity index (χ0) is 14.8. The average molecular weight is 340 g/mol. The molecule has 0 fully saturated rings. The van der Waals surface area contributed by atoms with Crippen LogP contribution in [-0.2, 0) is 0 Å². The van der Waals surface area contributed by atoms with Crippen molar-refractivity contribution >= 4 is 26.7 Å². The highest BCUT2D eigenvalue weighted by molar-refractivity contribution is 9.10. The largest absolute Gasteiger partial charge is 0.423 e. The number of fused-ring (bicyclic) bond motifs is 1. The molecule has 2 aromatic carbocycles. The van der Waals surface area contributed by atoms with Crippen LogP contribution in [-0.4, -0.2) is 9.97 Å². The summed E-state index contributed by atoms with van der Waals surface area (Å²) in [7, 11) is 0. The van der Waals surface area contributed by atoms with Crippen LogP contribution in [0.2, 0.25) is 0 Å². The van der Waals surface area contributed by atoms with E-state index in [4.69, 9.17) is 10.00 Å². The third-order valence-corrected chi connectivity index (χ3v) is 3.80. The van der Waals surface area contributed by atoms with E-state index in [0.717, 1.165) is 15.2 Å². The van der Waals surface area contributed by atoms with Crippen LogP contribution in [0.25, 0.3) is 10.8 Å². The maximum atomic E-state index is 8.94. The third-order valence-electron chi connectivity index (χ3n) is 2.98. The van der Waals surface area contributed by atoms with Gasteiger partial charge in [0.15, 0.2) is 0 Å². The number of nitrogens with zero attached hydrogens (tertiary/aromatic N) is 3. The fraction of sp³-hybridized carbons (Fsp3) is 0.0625. The minimum absolute atomic E-state index is 0.169. The Kier molecular flexibility index (Phi) is 3.55. The third kappa shape index (κ3) is 2.71. The van der Waals surface area contributed by atoms with Crippen molar-refractivity contribution < 1.29 is 4.74 Å². The second kappa shape index (κ2) is 5.51. The van der Waals surface area contributed by atoms with Gasteiger partial charge in [-0.05, 0) is 45.8 Å². The second-order valence-electron chi connectivity index (χ2n) is 4.49. The summed E-state index contributed by atoms with van der Waals surface area (Å²) in [5, 5.41) is 11.1. The minimum atomic E-state index is 0.169. The van der Waals surface area contributed by atoms with Crippen molar-refractivity contribution in [3.05, 3.63) is 58.3 Å². The van der Waals surface area contributed by atoms with Crippen LogP contribution in [0.5, 0.6) is 11.8 Å². The summed E-state index contributed by atoms with van der Waals surface area (Å²) < 4.78 is 6.56. The lowest BCUT2D eigenvalue weighted by Crippen LogP contribution is -1.97. The van der Waals surface area contributed by atoms with Crippen molar-refractivity contribution in [2.45, 2.75) is 6.92 Å². The van der Waals surface area contributed by atoms with Gasteiger partial charge in [0.2, 0.25) is 0 Å². The average Bonchev–Trinajstić information content (AvgIpc) is 2.50. The zero-order valence-electron chi connectivity index (χ0n) is 11.2. The number of aryl methyl sites for hydroxylation is 1. The number of halogens is 1. The zero-order valence-corrected chi connectivity index (χ0v) is 12.8. The van der Waals surface area contributed by atoms with E-state index in [0.29, 0.717) is 11.4 Å². The van der Waals surface area contributed by atoms with Gasteiger partial charge in [-0.25, -0.2) is 4.98 Å². The molecule has 1 aromatic heterocycles. The maximum Gasteiger partial charge on any atom is 0.323 e. The topological polar surface area (TPSA) is 58.8 Å². The first-order valence-electron chi connectivity index (χ1n) is 6.28. The molecule has 4 nitrogen and oxygen atoms in total. The molecule has 3 aromatic rings. The monoisotopic (exact) mass is 339 g/mol. The quantitative estimate of drug-likeness (QED) is 0.695. The van der Waals surface area contributed by atoms with E-state index in [2.05, 4.69) is 25.9 Å². The Labute approximate surface area is 130 Å². The van der Waals surface area contributed by atoms with Crippen molar-refractivity contribution in [1.29, 1.82) is 5.26 Å². The van der Waals surface area contributed by atoms with Crippen molar-refractivity contribution in [2.75, 3.05) is 0 Å². The van der Waals surface area contributed by atoms with Crippen molar-refractivity contribution in [3.63, 3.8) is 0 Å². The summed E-state index contributed by atoms with van der Waals surface area (Å²) in [6.07, 6.45) is 0. The highest BCUT2D eigenvalue weighted by atomic mass is 79.9. The number of hydrogen-bond donors (Lipinski definition) is 0. The number of nitriles is 1. The first-order valence-corrected chi connectivity index (χ1v) is 7.07. The van der Waals surface area contributed by atoms with Gasteiger partial charge < -0.3 is 4.74 Å². The molecule has 0 unspecified atom stereocenters. The van der Waals surface area contributed by atoms with E-state index in [1.165, 1.54) is 0 Å². The molecule has 0 N–H and O–H groups in total. The second-order valence-corrected chi connectivity index (χ2v) is 5.28. The molecular formula is C16H10BrN3O. The SMILES string of the molecule is Cc1cc(C#N)nc(Oc2ccc3ccccc3c2Br)n1. The molecule has 102 valence electrons. The highest BCUT2D eigenvalue weighted by Crippen LogP contribution is 2.34. The van der Waals surface area contributed by atoms with E-state index in [1.807, 2.05) is 42.5 Å². The molecule has 0 radical (unpaired) electrons. The summed E-state index contributed by atoms with van der Waals surface area (Å²) in [5.41, 5.74) is 0.975. The minimum Gasteiger partial charge on any atom is -0.423 e. The molecule has 0 aliphatic carbocycles. The van der Waals surface area contributed by atoms with Gasteiger partial charge in [-0.3, -0.25) is 0 Å². The smallest absolute Gasteiger partial charge is 0.323 e. The van der Waals surface area contributed by atoms with Crippen molar-refractivity contribution in [2.24, 2.45) is 0 Å². The van der Waals surface area contributed by atoms with E-state index in [1.54, 1.807) is 13.0 Å². The number of hydrogen-bond acceptors (Lipinski definition) is 4. The summed E-state index contributed by atoms with van der Waals surface area (Å²) in [6, 6.07) is 15.6. The molecule has 0 spiro atoms. The van der Waals surface area contributed by atoms with Gasteiger partial charge >= 0.3 is 6.01 Å². The highest BCUT2D eigenvalue weighted by Gasteiger charge is 2.10. The summed E-state index contributed by atoms with van der Waals surface area (Å²) in [5.74, 6) is 0.614. The normalized spacial score (nSPS) is 10.3. The molecule has 0 atom stereocenters. The lowest BCUT2D eigenvalue weighted by molar-refractivity contribution is 0.438. The van der Waals surface area contributed by atoms with Crippen LogP contribution < -0.4 is 4.74 Å². The molecule has 0 aliphatic rings. The van der Waals surface area contributed by atoms with E-state index < -0.39 is 0 Å². The Balaban J connectivity index is 2.04. The van der Waals surface area contributed by atoms with E-state index in [9.17, 15) is 0 Å². The molecule has 5 heteroatoms. The Morgan fingerprint density at radius 3 is 2.76 bits per heavy atom. The van der Waals surface area contributed by atoms with E-state index in [-0.39, 0.29) is 11.7 Å². The predicted molar refractivity (Wildman–Crippen MR) is 83.2 cm³/mol. The molecule has 0 aliphatic heterocycles. The van der Waals surface area contributed by atoms with E-state index >= 15 is 0 Å². The van der Waals surface area contributed by atoms with Crippen LogP contribution in [0.1, 0.15) is 11.4 Å². The number of benzene rings is 2. The van der Waals surface area contributed by atoms with Gasteiger partial charge in [0.25, 0.3) is 0 Å². The fourth-order valence-electron chi connectivity index (χ4n) is 2.03. The molecule has 0 bridgehead atoms. The van der Waals surface area contributed by atoms with Crippen LogP contribution in [0.3, 0.4) is 0 Å². The first kappa shape index (κ1) is 13.5. The number of rotatable bonds is 2. The predicted octanol–water partition coefficient (Wildman–Crippen LogP) is 4.36. The number of aromatic nitrogens is 2. The molecule has 1 heterocycles.